The maximum atomic E-state index is 11.8. The predicted molar refractivity (Wildman–Crippen MR) is 73.6 cm³/mol. The summed E-state index contributed by atoms with van der Waals surface area (Å²) in [5, 5.41) is 3.32. The summed E-state index contributed by atoms with van der Waals surface area (Å²) >= 11 is 0. The molecule has 0 aliphatic heterocycles. The summed E-state index contributed by atoms with van der Waals surface area (Å²) in [4.78, 5) is 17.4. The molecule has 0 saturated heterocycles. The van der Waals surface area contributed by atoms with E-state index in [4.69, 9.17) is 5.73 Å². The van der Waals surface area contributed by atoms with E-state index in [9.17, 15) is 4.79 Å². The van der Waals surface area contributed by atoms with E-state index in [-0.39, 0.29) is 17.5 Å². The van der Waals surface area contributed by atoms with Crippen molar-refractivity contribution in [3.05, 3.63) is 24.0 Å². The number of aromatic nitrogens is 1. The molecule has 1 heterocycles. The number of nitrogens with one attached hydrogen (secondary N) is 1. The van der Waals surface area contributed by atoms with Gasteiger partial charge in [0.25, 0.3) is 5.91 Å². The van der Waals surface area contributed by atoms with Crippen molar-refractivity contribution in [2.75, 3.05) is 19.4 Å². The number of nitrogens with two attached hydrogens (primary N) is 1. The molecule has 0 aliphatic rings. The zero-order valence-corrected chi connectivity index (χ0v) is 11.7. The third-order valence-electron chi connectivity index (χ3n) is 2.99. The molecule has 5 heteroatoms. The lowest BCUT2D eigenvalue weighted by Gasteiger charge is -2.31. The van der Waals surface area contributed by atoms with Crippen LogP contribution in [0.3, 0.4) is 0 Å². The first-order valence-electron chi connectivity index (χ1n) is 5.95. The number of carbonyl (C=O) groups is 1. The Kier molecular flexibility index (Phi) is 4.29. The van der Waals surface area contributed by atoms with Crippen molar-refractivity contribution in [3.8, 4) is 0 Å². The molecule has 1 amide bonds. The van der Waals surface area contributed by atoms with Gasteiger partial charge in [0, 0.05) is 37.6 Å². The van der Waals surface area contributed by atoms with Gasteiger partial charge in [0.05, 0.1) is 0 Å². The number of rotatable bonds is 4. The summed E-state index contributed by atoms with van der Waals surface area (Å²) in [6.45, 7) is 5.98. The van der Waals surface area contributed by atoms with Crippen molar-refractivity contribution in [2.24, 2.45) is 5.73 Å². The van der Waals surface area contributed by atoms with Crippen molar-refractivity contribution < 1.29 is 4.79 Å². The van der Waals surface area contributed by atoms with Crippen LogP contribution in [-0.2, 0) is 0 Å². The van der Waals surface area contributed by atoms with Crippen LogP contribution in [0.5, 0.6) is 0 Å². The molecule has 0 fully saturated rings. The molecule has 0 spiro atoms. The Morgan fingerprint density at radius 2 is 2.11 bits per heavy atom. The highest BCUT2D eigenvalue weighted by Crippen LogP contribution is 2.17. The molecule has 3 N–H and O–H groups in total. The first-order chi connectivity index (χ1) is 8.24. The third-order valence-corrected chi connectivity index (χ3v) is 2.99. The van der Waals surface area contributed by atoms with Crippen LogP contribution in [0.2, 0.25) is 0 Å². The molecule has 0 saturated carbocycles. The highest BCUT2D eigenvalue weighted by atomic mass is 16.2. The highest BCUT2D eigenvalue weighted by Gasteiger charge is 2.22. The highest BCUT2D eigenvalue weighted by molar-refractivity contribution is 5.92. The van der Waals surface area contributed by atoms with Crippen molar-refractivity contribution >= 4 is 11.6 Å². The van der Waals surface area contributed by atoms with Gasteiger partial charge in [0.2, 0.25) is 0 Å². The minimum absolute atomic E-state index is 0.0151. The molecular formula is C13H22N4O. The lowest BCUT2D eigenvalue weighted by molar-refractivity contribution is 0.0822. The van der Waals surface area contributed by atoms with Gasteiger partial charge < -0.3 is 16.0 Å². The first kappa shape index (κ1) is 14.4. The fourth-order valence-electron chi connectivity index (χ4n) is 1.34. The van der Waals surface area contributed by atoms with Gasteiger partial charge in [0.15, 0.2) is 0 Å². The van der Waals surface area contributed by atoms with Crippen molar-refractivity contribution in [1.82, 2.24) is 9.88 Å². The van der Waals surface area contributed by atoms with Crippen LogP contribution in [0.25, 0.3) is 0 Å². The van der Waals surface area contributed by atoms with Gasteiger partial charge in [-0.1, -0.05) is 0 Å². The summed E-state index contributed by atoms with van der Waals surface area (Å²) < 4.78 is 0. The molecule has 1 aromatic rings. The van der Waals surface area contributed by atoms with E-state index < -0.39 is 0 Å². The van der Waals surface area contributed by atoms with Gasteiger partial charge in [0.1, 0.15) is 5.69 Å². The van der Waals surface area contributed by atoms with Gasteiger partial charge in [-0.3, -0.25) is 9.78 Å². The minimum atomic E-state index is -0.250. The molecule has 5 nitrogen and oxygen atoms in total. The molecular weight excluding hydrogens is 228 g/mol. The number of hydrogen-bond acceptors (Lipinski definition) is 4. The normalized spacial score (nSPS) is 13.0. The number of carbonyl (C=O) groups excluding carboxylic acids is 1. The number of pyridine rings is 1. The smallest absolute Gasteiger partial charge is 0.272 e. The molecule has 100 valence electrons. The van der Waals surface area contributed by atoms with Gasteiger partial charge in [-0.25, -0.2) is 0 Å². The van der Waals surface area contributed by atoms with E-state index in [1.807, 2.05) is 26.8 Å². The summed E-state index contributed by atoms with van der Waals surface area (Å²) in [6.07, 6.45) is 1.62. The molecule has 0 aliphatic carbocycles. The van der Waals surface area contributed by atoms with E-state index in [0.717, 1.165) is 5.69 Å². The Morgan fingerprint density at radius 1 is 1.50 bits per heavy atom. The van der Waals surface area contributed by atoms with E-state index in [2.05, 4.69) is 10.3 Å². The largest absolute Gasteiger partial charge is 0.379 e. The molecule has 18 heavy (non-hydrogen) atoms. The molecule has 0 radical (unpaired) electrons. The number of hydrogen-bond donors (Lipinski definition) is 2. The summed E-state index contributed by atoms with van der Waals surface area (Å²) in [7, 11) is 3.41. The number of amides is 1. The van der Waals surface area contributed by atoms with Crippen LogP contribution in [0, 0.1) is 0 Å². The average molecular weight is 250 g/mol. The number of nitrogens with zero attached hydrogens (tertiary/aromatic N) is 2. The average Bonchev–Trinajstić information content (AvgIpc) is 2.27. The fraction of sp³-hybridized carbons (Fsp3) is 0.538. The Hall–Kier alpha value is -1.62. The van der Waals surface area contributed by atoms with Crippen molar-refractivity contribution in [3.63, 3.8) is 0 Å². The lowest BCUT2D eigenvalue weighted by Crippen LogP contribution is -2.47. The summed E-state index contributed by atoms with van der Waals surface area (Å²) in [5.74, 6) is -0.114. The van der Waals surface area contributed by atoms with Crippen LogP contribution >= 0.6 is 0 Å². The van der Waals surface area contributed by atoms with Gasteiger partial charge >= 0.3 is 0 Å². The zero-order chi connectivity index (χ0) is 13.9. The van der Waals surface area contributed by atoms with Crippen LogP contribution in [0.15, 0.2) is 18.3 Å². The number of anilines is 1. The zero-order valence-electron chi connectivity index (χ0n) is 11.7. The quantitative estimate of drug-likeness (QED) is 0.845. The SMILES string of the molecule is CC(N)C(C)(C)Nc1ccnc(C(=O)N(C)C)c1. The molecule has 1 atom stereocenters. The predicted octanol–water partition coefficient (Wildman–Crippen LogP) is 1.32. The molecule has 0 bridgehead atoms. The van der Waals surface area contributed by atoms with Crippen LogP contribution in [-0.4, -0.2) is 41.5 Å². The van der Waals surface area contributed by atoms with E-state index in [1.165, 1.54) is 4.90 Å². The van der Waals surface area contributed by atoms with Crippen LogP contribution in [0.4, 0.5) is 5.69 Å². The first-order valence-corrected chi connectivity index (χ1v) is 5.95. The van der Waals surface area contributed by atoms with Crippen molar-refractivity contribution in [1.29, 1.82) is 0 Å². The maximum absolute atomic E-state index is 11.8. The van der Waals surface area contributed by atoms with Crippen molar-refractivity contribution in [2.45, 2.75) is 32.4 Å². The molecule has 1 aromatic heterocycles. The monoisotopic (exact) mass is 250 g/mol. The molecule has 0 aromatic carbocycles. The Labute approximate surface area is 108 Å². The third kappa shape index (κ3) is 3.43. The van der Waals surface area contributed by atoms with Crippen LogP contribution < -0.4 is 11.1 Å². The van der Waals surface area contributed by atoms with E-state index in [1.54, 1.807) is 26.4 Å². The van der Waals surface area contributed by atoms with E-state index in [0.29, 0.717) is 5.69 Å². The summed E-state index contributed by atoms with van der Waals surface area (Å²) in [5.41, 5.74) is 6.93. The van der Waals surface area contributed by atoms with E-state index >= 15 is 0 Å². The Balaban J connectivity index is 2.93. The standard InChI is InChI=1S/C13H22N4O/c1-9(14)13(2,3)16-10-6-7-15-11(8-10)12(18)17(4)5/h6-9H,14H2,1-5H3,(H,15,16). The Bertz CT molecular complexity index is 427. The second-order valence-electron chi connectivity index (χ2n) is 5.26. The fourth-order valence-corrected chi connectivity index (χ4v) is 1.34. The maximum Gasteiger partial charge on any atom is 0.272 e. The van der Waals surface area contributed by atoms with Gasteiger partial charge in [-0.05, 0) is 32.9 Å². The minimum Gasteiger partial charge on any atom is -0.379 e. The Morgan fingerprint density at radius 3 is 2.61 bits per heavy atom. The van der Waals surface area contributed by atoms with Crippen LogP contribution in [0.1, 0.15) is 31.3 Å². The summed E-state index contributed by atoms with van der Waals surface area (Å²) in [6, 6.07) is 3.56. The second-order valence-corrected chi connectivity index (χ2v) is 5.26. The van der Waals surface area contributed by atoms with Gasteiger partial charge in [-0.15, -0.1) is 0 Å². The second kappa shape index (κ2) is 5.35. The van der Waals surface area contributed by atoms with Gasteiger partial charge in [-0.2, -0.15) is 0 Å². The topological polar surface area (TPSA) is 71.2 Å². The molecule has 1 unspecified atom stereocenters. The molecule has 1 rings (SSSR count). The lowest BCUT2D eigenvalue weighted by atomic mass is 9.96.